The van der Waals surface area contributed by atoms with Crippen LogP contribution in [0.3, 0.4) is 0 Å². The maximum Gasteiger partial charge on any atom is -0.00944 e. The molecule has 0 N–H and O–H groups in total. The molecule has 0 nitrogen and oxygen atoms in total. The van der Waals surface area contributed by atoms with E-state index >= 15 is 0 Å². The second kappa shape index (κ2) is 3.34. The van der Waals surface area contributed by atoms with Gasteiger partial charge in [0.2, 0.25) is 0 Å². The highest BCUT2D eigenvalue weighted by Gasteiger charge is 2.15. The first-order chi connectivity index (χ1) is 4.35. The number of hydrogen-bond acceptors (Lipinski definition) is 0. The smallest absolute Gasteiger partial charge is 0.00944 e. The Hall–Kier alpha value is 0.900. The lowest BCUT2D eigenvalue weighted by Gasteiger charge is -1.76. The highest BCUT2D eigenvalue weighted by Crippen LogP contribution is 2.89. The predicted molar refractivity (Wildman–Crippen MR) is 51.6 cm³/mol. The Morgan fingerprint density at radius 3 is 1.00 bits per heavy atom. The summed E-state index contributed by atoms with van der Waals surface area (Å²) in [6, 6.07) is 0. The summed E-state index contributed by atoms with van der Waals surface area (Å²) >= 11 is 0. The Bertz CT molecular complexity index is 128. The van der Waals surface area contributed by atoms with E-state index in [9.17, 15) is 0 Å². The molecule has 0 bridgehead atoms. The predicted octanol–water partition coefficient (Wildman–Crippen LogP) is 4.71. The van der Waals surface area contributed by atoms with E-state index in [1.807, 2.05) is 0 Å². The van der Waals surface area contributed by atoms with Crippen molar-refractivity contribution >= 4 is 20.7 Å². The van der Waals surface area contributed by atoms with Crippen LogP contribution in [0.15, 0.2) is 0 Å². The van der Waals surface area contributed by atoms with Crippen molar-refractivity contribution in [3.05, 3.63) is 0 Å². The molecule has 0 aromatic carbocycles. The van der Waals surface area contributed by atoms with Crippen molar-refractivity contribution in [1.29, 1.82) is 0 Å². The Balaban J connectivity index is 2.56. The van der Waals surface area contributed by atoms with Crippen molar-refractivity contribution in [3.8, 4) is 0 Å². The monoisotopic (exact) mass is 180 g/mol. The van der Waals surface area contributed by atoms with Crippen LogP contribution in [0.2, 0.25) is 0 Å². The third kappa shape index (κ3) is 1.48. The van der Waals surface area contributed by atoms with Crippen LogP contribution in [0.1, 0.15) is 20.8 Å². The molecule has 9 heavy (non-hydrogen) atoms. The lowest BCUT2D eigenvalue weighted by Crippen LogP contribution is -1.39. The number of rotatable bonds is 3. The van der Waals surface area contributed by atoms with Gasteiger partial charge in [-0.25, -0.2) is 0 Å². The van der Waals surface area contributed by atoms with E-state index in [1.54, 1.807) is 0 Å². The second-order valence-corrected chi connectivity index (χ2v) is 17.7. The summed E-state index contributed by atoms with van der Waals surface area (Å²) in [5, 5.41) is 0. The van der Waals surface area contributed by atoms with Crippen LogP contribution in [0.5, 0.6) is 0 Å². The van der Waals surface area contributed by atoms with Gasteiger partial charge in [0, 0.05) is 0 Å². The van der Waals surface area contributed by atoms with Gasteiger partial charge in [-0.2, -0.15) is 0 Å². The molecule has 1 aromatic rings. The molecule has 0 aliphatic rings. The van der Waals surface area contributed by atoms with Gasteiger partial charge in [0.25, 0.3) is 0 Å². The molecule has 0 atom stereocenters. The van der Waals surface area contributed by atoms with Gasteiger partial charge in [-0.3, -0.25) is 0 Å². The van der Waals surface area contributed by atoms with Crippen molar-refractivity contribution in [3.63, 3.8) is 0 Å². The molecule has 54 valence electrons. The van der Waals surface area contributed by atoms with Crippen molar-refractivity contribution in [2.24, 2.45) is 0 Å². The molecule has 0 spiro atoms. The summed E-state index contributed by atoms with van der Waals surface area (Å²) in [6.45, 7) is 9.11. The molecule has 0 saturated carbocycles. The normalized spacial score (nSPS) is 17.0. The zero-order chi connectivity index (χ0) is 6.85. The van der Waals surface area contributed by atoms with Gasteiger partial charge in [-0.1, -0.05) is 41.4 Å². The van der Waals surface area contributed by atoms with Crippen molar-refractivity contribution in [1.82, 2.24) is 0 Å². The second-order valence-electron chi connectivity index (χ2n) is 2.07. The van der Waals surface area contributed by atoms with Crippen LogP contribution in [-0.2, 0) is 18.5 Å². The maximum absolute atomic E-state index is 2.38. The average Bonchev–Trinajstić information content (AvgIpc) is 2.59. The van der Waals surface area contributed by atoms with Gasteiger partial charge >= 0.3 is 0 Å². The Morgan fingerprint density at radius 1 is 0.667 bits per heavy atom. The van der Waals surface area contributed by atoms with E-state index in [2.05, 4.69) is 20.8 Å². The SMILES string of the molecule is CCp1p(CC)p1CC. The fourth-order valence-electron chi connectivity index (χ4n) is 1.20. The molecular formula is C6H15P3. The summed E-state index contributed by atoms with van der Waals surface area (Å²) in [6.07, 6.45) is 4.61. The molecule has 0 saturated heterocycles. The topological polar surface area (TPSA) is 0 Å². The molecule has 1 heterocycles. The van der Waals surface area contributed by atoms with Gasteiger partial charge in [0.1, 0.15) is 0 Å². The molecular weight excluding hydrogens is 165 g/mol. The highest BCUT2D eigenvalue weighted by atomic mass is 32.7. The third-order valence-electron chi connectivity index (χ3n) is 1.62. The first-order valence-electron chi connectivity index (χ1n) is 3.67. The lowest BCUT2D eigenvalue weighted by atomic mass is 11.0. The summed E-state index contributed by atoms with van der Waals surface area (Å²) in [5.74, 6) is 0. The largest absolute Gasteiger partial charge is 0.0765 e. The van der Waals surface area contributed by atoms with Crippen LogP contribution in [-0.4, -0.2) is 0 Å². The molecule has 0 aliphatic carbocycles. The Labute approximate surface area is 60.5 Å². The van der Waals surface area contributed by atoms with Crippen molar-refractivity contribution in [2.45, 2.75) is 39.3 Å². The summed E-state index contributed by atoms with van der Waals surface area (Å²) in [7, 11) is 0. The van der Waals surface area contributed by atoms with E-state index in [-0.39, 0.29) is 0 Å². The van der Waals surface area contributed by atoms with E-state index < -0.39 is 0 Å². The van der Waals surface area contributed by atoms with Crippen LogP contribution >= 0.6 is 20.7 Å². The van der Waals surface area contributed by atoms with E-state index in [1.165, 1.54) is 18.5 Å². The van der Waals surface area contributed by atoms with Gasteiger partial charge < -0.3 is 0 Å². The fourth-order valence-corrected chi connectivity index (χ4v) is 26.1. The van der Waals surface area contributed by atoms with Crippen molar-refractivity contribution < 1.29 is 0 Å². The third-order valence-corrected chi connectivity index (χ3v) is 23.0. The zero-order valence-electron chi connectivity index (χ0n) is 6.46. The van der Waals surface area contributed by atoms with Crippen LogP contribution in [0.4, 0.5) is 0 Å². The molecule has 0 unspecified atom stereocenters. The van der Waals surface area contributed by atoms with Crippen LogP contribution < -0.4 is 0 Å². The Morgan fingerprint density at radius 2 is 0.889 bits per heavy atom. The lowest BCUT2D eigenvalue weighted by molar-refractivity contribution is 1.38. The molecule has 0 amide bonds. The Kier molecular flexibility index (Phi) is 2.97. The quantitative estimate of drug-likeness (QED) is 0.631. The molecule has 3 heteroatoms. The molecule has 0 fully saturated rings. The van der Waals surface area contributed by atoms with E-state index in [0.717, 1.165) is 0 Å². The minimum absolute atomic E-state index is 0.654. The van der Waals surface area contributed by atoms with Gasteiger partial charge in [0.15, 0.2) is 0 Å². The molecule has 1 aromatic heterocycles. The van der Waals surface area contributed by atoms with Gasteiger partial charge in [-0.05, 0) is 18.5 Å². The number of hydrogen-bond donors (Lipinski definition) is 0. The van der Waals surface area contributed by atoms with Crippen LogP contribution in [0, 0.1) is 0 Å². The summed E-state index contributed by atoms with van der Waals surface area (Å²) < 4.78 is 0. The van der Waals surface area contributed by atoms with E-state index in [4.69, 9.17) is 0 Å². The van der Waals surface area contributed by atoms with E-state index in [0.29, 0.717) is 20.7 Å². The molecule has 0 radical (unpaired) electrons. The standard InChI is InChI=1S/C6H15P3/c1-4-7-8(5-2)9(7)6-3/h4-6H2,1-3H3. The minimum Gasteiger partial charge on any atom is -0.0765 e. The van der Waals surface area contributed by atoms with Crippen molar-refractivity contribution in [2.75, 3.05) is 0 Å². The highest BCUT2D eigenvalue weighted by molar-refractivity contribution is 8.72. The summed E-state index contributed by atoms with van der Waals surface area (Å²) in [5.41, 5.74) is 0. The molecule has 1 rings (SSSR count). The fraction of sp³-hybridized carbons (Fsp3) is 1.00. The average molecular weight is 180 g/mol. The molecule has 0 aliphatic heterocycles. The maximum atomic E-state index is 2.38. The zero-order valence-corrected chi connectivity index (χ0v) is 9.15. The van der Waals surface area contributed by atoms with Gasteiger partial charge in [0.05, 0.1) is 0 Å². The summed E-state index contributed by atoms with van der Waals surface area (Å²) in [4.78, 5) is 0. The van der Waals surface area contributed by atoms with Gasteiger partial charge in [-0.15, -0.1) is 0 Å². The van der Waals surface area contributed by atoms with Crippen LogP contribution in [0.25, 0.3) is 0 Å². The first kappa shape index (κ1) is 8.00. The first-order valence-corrected chi connectivity index (χ1v) is 10.4. The minimum atomic E-state index is 0.654.